The quantitative estimate of drug-likeness (QED) is 0.320. The highest BCUT2D eigenvalue weighted by atomic mass is 35.5. The van der Waals surface area contributed by atoms with E-state index >= 15 is 0 Å². The van der Waals surface area contributed by atoms with Gasteiger partial charge in [0.15, 0.2) is 0 Å². The Morgan fingerprint density at radius 1 is 0.643 bits per heavy atom. The Bertz CT molecular complexity index is 81.4. The Morgan fingerprint density at radius 3 is 1.36 bits per heavy atom. The number of hydrogen-bond acceptors (Lipinski definition) is 2. The minimum Gasteiger partial charge on any atom is -0.344 e. The van der Waals surface area contributed by atoms with E-state index in [0.29, 0.717) is 0 Å². The summed E-state index contributed by atoms with van der Waals surface area (Å²) in [7, 11) is 0. The fourth-order valence-electron chi connectivity index (χ4n) is 1.44. The van der Waals surface area contributed by atoms with Gasteiger partial charge in [0.05, 0.1) is 0 Å². The van der Waals surface area contributed by atoms with Gasteiger partial charge in [-0.3, -0.25) is 0 Å². The van der Waals surface area contributed by atoms with Gasteiger partial charge in [-0.1, -0.05) is 44.9 Å². The molecule has 0 aliphatic rings. The lowest BCUT2D eigenvalue weighted by Crippen LogP contribution is -1.82. The van der Waals surface area contributed by atoms with Gasteiger partial charge in [-0.15, -0.1) is 11.6 Å². The second kappa shape index (κ2) is 16.0. The summed E-state index contributed by atoms with van der Waals surface area (Å²) in [5.74, 6) is 1.89. The van der Waals surface area contributed by atoms with Crippen LogP contribution in [0.25, 0.3) is 0 Å². The summed E-state index contributed by atoms with van der Waals surface area (Å²) < 4.78 is 0. The van der Waals surface area contributed by atoms with Crippen molar-refractivity contribution in [2.45, 2.75) is 57.8 Å². The van der Waals surface area contributed by atoms with Gasteiger partial charge in [-0.2, -0.15) is 12.6 Å². The molecule has 0 heterocycles. The van der Waals surface area contributed by atoms with Crippen molar-refractivity contribution in [3.8, 4) is 0 Å². The molecule has 0 aromatic carbocycles. The van der Waals surface area contributed by atoms with E-state index in [0.717, 1.165) is 11.6 Å². The van der Waals surface area contributed by atoms with Crippen LogP contribution in [-0.2, 0) is 0 Å². The van der Waals surface area contributed by atoms with Crippen LogP contribution in [-0.4, -0.2) is 11.6 Å². The molecule has 3 heteroatoms. The maximum Gasteiger partial charge on any atom is 0.0223 e. The van der Waals surface area contributed by atoms with Crippen LogP contribution in [0.2, 0.25) is 0 Å². The molecule has 0 bridgehead atoms. The van der Waals surface area contributed by atoms with Crippen LogP contribution in [0.5, 0.6) is 0 Å². The number of unbranched alkanes of at least 4 members (excludes halogenated alkanes) is 8. The SMILES string of the molecule is N.SCCCCCCCCCCCCl. The standard InChI is InChI=1S/C11H23ClS.H3N/c12-10-8-6-4-2-1-3-5-7-9-11-13;/h13H,1-11H2;1H3. The Morgan fingerprint density at radius 2 is 1.00 bits per heavy atom. The minimum atomic E-state index is 0. The third-order valence-electron chi connectivity index (χ3n) is 2.29. The summed E-state index contributed by atoms with van der Waals surface area (Å²) in [4.78, 5) is 0. The number of hydrogen-bond donors (Lipinski definition) is 2. The lowest BCUT2D eigenvalue weighted by Gasteiger charge is -2.00. The first kappa shape index (κ1) is 17.0. The molecule has 0 aromatic rings. The highest BCUT2D eigenvalue weighted by Crippen LogP contribution is 2.09. The normalized spacial score (nSPS) is 9.86. The van der Waals surface area contributed by atoms with Gasteiger partial charge in [0, 0.05) is 5.88 Å². The molecule has 0 spiro atoms. The first-order valence-corrected chi connectivity index (χ1v) is 6.75. The van der Waals surface area contributed by atoms with E-state index in [9.17, 15) is 0 Å². The van der Waals surface area contributed by atoms with Gasteiger partial charge < -0.3 is 6.15 Å². The molecule has 1 nitrogen and oxygen atoms in total. The fraction of sp³-hybridized carbons (Fsp3) is 1.00. The zero-order valence-electron chi connectivity index (χ0n) is 9.31. The molecular formula is C11H26ClNS. The van der Waals surface area contributed by atoms with Crippen LogP contribution >= 0.6 is 24.2 Å². The molecule has 0 atom stereocenters. The summed E-state index contributed by atoms with van der Waals surface area (Å²) in [5, 5.41) is 0. The van der Waals surface area contributed by atoms with E-state index in [1.807, 2.05) is 0 Å². The molecule has 3 N–H and O–H groups in total. The van der Waals surface area contributed by atoms with Crippen molar-refractivity contribution < 1.29 is 0 Å². The minimum absolute atomic E-state index is 0. The Hall–Kier alpha value is 0.600. The smallest absolute Gasteiger partial charge is 0.0223 e. The van der Waals surface area contributed by atoms with Crippen LogP contribution in [0.3, 0.4) is 0 Å². The Kier molecular flexibility index (Phi) is 19.5. The molecule has 0 amide bonds. The summed E-state index contributed by atoms with van der Waals surface area (Å²) in [5.41, 5.74) is 0. The average Bonchev–Trinajstić information content (AvgIpc) is 2.16. The van der Waals surface area contributed by atoms with Crippen molar-refractivity contribution in [3.63, 3.8) is 0 Å². The third kappa shape index (κ3) is 15.1. The predicted octanol–water partition coefficient (Wildman–Crippen LogP) is 4.83. The maximum absolute atomic E-state index is 5.59. The molecule has 0 aliphatic carbocycles. The van der Waals surface area contributed by atoms with Crippen molar-refractivity contribution in [1.29, 1.82) is 0 Å². The summed E-state index contributed by atoms with van der Waals surface area (Å²) in [6.45, 7) is 0. The number of halogens is 1. The predicted molar refractivity (Wildman–Crippen MR) is 71.1 cm³/mol. The lowest BCUT2D eigenvalue weighted by molar-refractivity contribution is 0.574. The highest BCUT2D eigenvalue weighted by Gasteiger charge is 1.91. The monoisotopic (exact) mass is 239 g/mol. The molecule has 0 aromatic heterocycles. The fourth-order valence-corrected chi connectivity index (χ4v) is 1.86. The van der Waals surface area contributed by atoms with Crippen molar-refractivity contribution in [1.82, 2.24) is 6.15 Å². The maximum atomic E-state index is 5.59. The van der Waals surface area contributed by atoms with E-state index in [-0.39, 0.29) is 6.15 Å². The molecule has 0 saturated carbocycles. The Balaban J connectivity index is 0. The number of rotatable bonds is 10. The molecule has 0 saturated heterocycles. The van der Waals surface area contributed by atoms with Crippen LogP contribution < -0.4 is 6.15 Å². The number of thiol groups is 1. The lowest BCUT2D eigenvalue weighted by atomic mass is 10.1. The second-order valence-electron chi connectivity index (χ2n) is 3.59. The molecule has 0 unspecified atom stereocenters. The zero-order chi connectivity index (χ0) is 9.78. The van der Waals surface area contributed by atoms with Crippen molar-refractivity contribution >= 4 is 24.2 Å². The molecular weight excluding hydrogens is 214 g/mol. The van der Waals surface area contributed by atoms with Crippen LogP contribution in [0.4, 0.5) is 0 Å². The first-order chi connectivity index (χ1) is 6.41. The zero-order valence-corrected chi connectivity index (χ0v) is 11.0. The first-order valence-electron chi connectivity index (χ1n) is 5.58. The Labute approximate surface area is 100.0 Å². The second-order valence-corrected chi connectivity index (χ2v) is 4.42. The van der Waals surface area contributed by atoms with Gasteiger partial charge >= 0.3 is 0 Å². The van der Waals surface area contributed by atoms with Crippen molar-refractivity contribution in [2.75, 3.05) is 11.6 Å². The largest absolute Gasteiger partial charge is 0.344 e. The van der Waals surface area contributed by atoms with E-state index < -0.39 is 0 Å². The van der Waals surface area contributed by atoms with Gasteiger partial charge in [-0.05, 0) is 18.6 Å². The van der Waals surface area contributed by atoms with E-state index in [1.54, 1.807) is 0 Å². The van der Waals surface area contributed by atoms with Crippen LogP contribution in [0.15, 0.2) is 0 Å². The van der Waals surface area contributed by atoms with E-state index in [1.165, 1.54) is 57.8 Å². The topological polar surface area (TPSA) is 35.0 Å². The summed E-state index contributed by atoms with van der Waals surface area (Å²) in [6.07, 6.45) is 12.2. The average molecular weight is 240 g/mol. The van der Waals surface area contributed by atoms with E-state index in [2.05, 4.69) is 12.6 Å². The molecule has 0 fully saturated rings. The number of alkyl halides is 1. The summed E-state index contributed by atoms with van der Waals surface area (Å²) in [6, 6.07) is 0. The van der Waals surface area contributed by atoms with Crippen molar-refractivity contribution in [2.24, 2.45) is 0 Å². The van der Waals surface area contributed by atoms with Crippen LogP contribution in [0, 0.1) is 0 Å². The van der Waals surface area contributed by atoms with Crippen LogP contribution in [0.1, 0.15) is 57.8 Å². The highest BCUT2D eigenvalue weighted by molar-refractivity contribution is 7.80. The summed E-state index contributed by atoms with van der Waals surface area (Å²) >= 11 is 9.78. The molecule has 0 aliphatic heterocycles. The van der Waals surface area contributed by atoms with Gasteiger partial charge in [0.1, 0.15) is 0 Å². The molecule has 0 rings (SSSR count). The van der Waals surface area contributed by atoms with Gasteiger partial charge in [0.2, 0.25) is 0 Å². The van der Waals surface area contributed by atoms with Gasteiger partial charge in [0.25, 0.3) is 0 Å². The van der Waals surface area contributed by atoms with E-state index in [4.69, 9.17) is 11.6 Å². The third-order valence-corrected chi connectivity index (χ3v) is 2.88. The molecule has 14 heavy (non-hydrogen) atoms. The van der Waals surface area contributed by atoms with Gasteiger partial charge in [-0.25, -0.2) is 0 Å². The van der Waals surface area contributed by atoms with Crippen molar-refractivity contribution in [3.05, 3.63) is 0 Å². The molecule has 0 radical (unpaired) electrons. The molecule has 88 valence electrons.